The second-order valence-electron chi connectivity index (χ2n) is 4.82. The van der Waals surface area contributed by atoms with Gasteiger partial charge in [-0.2, -0.15) is 0 Å². The van der Waals surface area contributed by atoms with Crippen LogP contribution in [-0.2, 0) is 20.2 Å². The number of sulfone groups is 1. The molecule has 2 N–H and O–H groups in total. The fourth-order valence-electron chi connectivity index (χ4n) is 1.31. The molecule has 0 bridgehead atoms. The van der Waals surface area contributed by atoms with E-state index >= 15 is 0 Å². The second kappa shape index (κ2) is 5.64. The molecule has 0 amide bonds. The lowest BCUT2D eigenvalue weighted by Gasteiger charge is -2.19. The monoisotopic (exact) mass is 292 g/mol. The van der Waals surface area contributed by atoms with E-state index in [9.17, 15) is 8.42 Å². The fraction of sp³-hybridized carbons (Fsp3) is 0.727. The molecule has 1 heterocycles. The first kappa shape index (κ1) is 15.6. The molecule has 0 fully saturated rings. The number of aromatic nitrogens is 1. The molecule has 0 aliphatic heterocycles. The Kier molecular flexibility index (Phi) is 4.88. The number of nitrogens with two attached hydrogens (primary N) is 1. The molecule has 0 aromatic carbocycles. The predicted molar refractivity (Wildman–Crippen MR) is 73.4 cm³/mol. The first-order chi connectivity index (χ1) is 8.15. The van der Waals surface area contributed by atoms with Gasteiger partial charge < -0.3 is 10.5 Å². The molecule has 1 atom stereocenters. The van der Waals surface area contributed by atoms with Gasteiger partial charge in [0.15, 0.2) is 0 Å². The lowest BCUT2D eigenvalue weighted by Crippen LogP contribution is -2.20. The molecule has 0 spiro atoms. The SMILES string of the molecule is COC(C)(C)c1nc(C(N)CCS(C)(=O)=O)cs1. The van der Waals surface area contributed by atoms with Crippen molar-refractivity contribution in [2.45, 2.75) is 31.9 Å². The van der Waals surface area contributed by atoms with Crippen LogP contribution in [-0.4, -0.2) is 32.5 Å². The first-order valence-electron chi connectivity index (χ1n) is 5.60. The summed E-state index contributed by atoms with van der Waals surface area (Å²) >= 11 is 1.48. The summed E-state index contributed by atoms with van der Waals surface area (Å²) < 4.78 is 27.5. The number of ether oxygens (including phenoxy) is 1. The average Bonchev–Trinajstić information content (AvgIpc) is 2.74. The minimum atomic E-state index is -2.98. The summed E-state index contributed by atoms with van der Waals surface area (Å²) in [6.07, 6.45) is 1.59. The summed E-state index contributed by atoms with van der Waals surface area (Å²) in [6, 6.07) is -0.350. The van der Waals surface area contributed by atoms with E-state index in [0.29, 0.717) is 6.42 Å². The Morgan fingerprint density at radius 1 is 1.56 bits per heavy atom. The van der Waals surface area contributed by atoms with Crippen molar-refractivity contribution in [2.75, 3.05) is 19.1 Å². The van der Waals surface area contributed by atoms with Crippen molar-refractivity contribution in [2.24, 2.45) is 5.73 Å². The normalized spacial score (nSPS) is 14.7. The molecule has 1 unspecified atom stereocenters. The molecular weight excluding hydrogens is 272 g/mol. The predicted octanol–water partition coefficient (Wildman–Crippen LogP) is 1.46. The summed E-state index contributed by atoms with van der Waals surface area (Å²) in [5, 5.41) is 2.71. The van der Waals surface area contributed by atoms with Crippen molar-refractivity contribution < 1.29 is 13.2 Å². The van der Waals surface area contributed by atoms with E-state index < -0.39 is 15.4 Å². The molecule has 0 aliphatic carbocycles. The molecule has 5 nitrogen and oxygen atoms in total. The Hall–Kier alpha value is -0.500. The van der Waals surface area contributed by atoms with Crippen molar-refractivity contribution in [3.8, 4) is 0 Å². The summed E-state index contributed by atoms with van der Waals surface area (Å²) in [7, 11) is -1.35. The summed E-state index contributed by atoms with van der Waals surface area (Å²) in [5.41, 5.74) is 6.22. The standard InChI is InChI=1S/C11H20N2O3S2/c1-11(2,16-3)10-13-9(7-17-10)8(12)5-6-18(4,14)15/h7-8H,5-6,12H2,1-4H3. The third-order valence-corrected chi connectivity index (χ3v) is 4.87. The minimum Gasteiger partial charge on any atom is -0.372 e. The van der Waals surface area contributed by atoms with E-state index in [1.54, 1.807) is 7.11 Å². The Morgan fingerprint density at radius 2 is 2.17 bits per heavy atom. The van der Waals surface area contributed by atoms with Gasteiger partial charge in [-0.05, 0) is 20.3 Å². The highest BCUT2D eigenvalue weighted by molar-refractivity contribution is 7.90. The van der Waals surface area contributed by atoms with Crippen LogP contribution >= 0.6 is 11.3 Å². The zero-order valence-corrected chi connectivity index (χ0v) is 12.8. The van der Waals surface area contributed by atoms with Crippen molar-refractivity contribution in [1.82, 2.24) is 4.98 Å². The number of methoxy groups -OCH3 is 1. The largest absolute Gasteiger partial charge is 0.372 e. The topological polar surface area (TPSA) is 82.3 Å². The highest BCUT2D eigenvalue weighted by Crippen LogP contribution is 2.28. The van der Waals surface area contributed by atoms with Crippen LogP contribution in [0.3, 0.4) is 0 Å². The number of hydrogen-bond donors (Lipinski definition) is 1. The van der Waals surface area contributed by atoms with Gasteiger partial charge in [-0.1, -0.05) is 0 Å². The third kappa shape index (κ3) is 4.31. The highest BCUT2D eigenvalue weighted by Gasteiger charge is 2.24. The van der Waals surface area contributed by atoms with Crippen molar-refractivity contribution in [1.29, 1.82) is 0 Å². The van der Waals surface area contributed by atoms with Crippen LogP contribution in [0.25, 0.3) is 0 Å². The van der Waals surface area contributed by atoms with Gasteiger partial charge >= 0.3 is 0 Å². The van der Waals surface area contributed by atoms with Gasteiger partial charge in [-0.25, -0.2) is 13.4 Å². The third-order valence-electron chi connectivity index (χ3n) is 2.73. The van der Waals surface area contributed by atoms with Gasteiger partial charge in [0.1, 0.15) is 20.4 Å². The van der Waals surface area contributed by atoms with Crippen LogP contribution in [0.4, 0.5) is 0 Å². The van der Waals surface area contributed by atoms with E-state index in [-0.39, 0.29) is 11.8 Å². The molecule has 0 radical (unpaired) electrons. The van der Waals surface area contributed by atoms with Gasteiger partial charge in [0.2, 0.25) is 0 Å². The molecule has 7 heteroatoms. The van der Waals surface area contributed by atoms with Crippen molar-refractivity contribution in [3.05, 3.63) is 16.1 Å². The Balaban J connectivity index is 2.74. The van der Waals surface area contributed by atoms with Crippen LogP contribution in [0.2, 0.25) is 0 Å². The van der Waals surface area contributed by atoms with E-state index in [2.05, 4.69) is 4.98 Å². The summed E-state index contributed by atoms with van der Waals surface area (Å²) in [5.74, 6) is 0.0781. The summed E-state index contributed by atoms with van der Waals surface area (Å²) in [4.78, 5) is 4.43. The quantitative estimate of drug-likeness (QED) is 0.858. The molecule has 18 heavy (non-hydrogen) atoms. The molecule has 0 aliphatic rings. The maximum absolute atomic E-state index is 11.1. The lowest BCUT2D eigenvalue weighted by atomic mass is 10.1. The molecule has 1 rings (SSSR count). The first-order valence-corrected chi connectivity index (χ1v) is 8.54. The lowest BCUT2D eigenvalue weighted by molar-refractivity contribution is 0.0189. The molecule has 1 aromatic heterocycles. The molecule has 0 saturated carbocycles. The Bertz CT molecular complexity index is 494. The van der Waals surface area contributed by atoms with Crippen molar-refractivity contribution >= 4 is 21.2 Å². The van der Waals surface area contributed by atoms with E-state index in [0.717, 1.165) is 10.7 Å². The van der Waals surface area contributed by atoms with Crippen LogP contribution in [0, 0.1) is 0 Å². The van der Waals surface area contributed by atoms with Crippen LogP contribution in [0.5, 0.6) is 0 Å². The van der Waals surface area contributed by atoms with Gasteiger partial charge in [0, 0.05) is 24.8 Å². The zero-order valence-electron chi connectivity index (χ0n) is 11.1. The maximum atomic E-state index is 11.1. The van der Waals surface area contributed by atoms with Crippen LogP contribution in [0.15, 0.2) is 5.38 Å². The van der Waals surface area contributed by atoms with Crippen LogP contribution < -0.4 is 5.73 Å². The fourth-order valence-corrected chi connectivity index (χ4v) is 2.98. The highest BCUT2D eigenvalue weighted by atomic mass is 32.2. The minimum absolute atomic E-state index is 0.0781. The molecule has 104 valence electrons. The molecule has 1 aromatic rings. The molecule has 0 saturated heterocycles. The zero-order chi connectivity index (χ0) is 14.0. The van der Waals surface area contributed by atoms with E-state index in [4.69, 9.17) is 10.5 Å². The summed E-state index contributed by atoms with van der Waals surface area (Å²) in [6.45, 7) is 3.86. The van der Waals surface area contributed by atoms with Gasteiger partial charge in [-0.3, -0.25) is 0 Å². The van der Waals surface area contributed by atoms with Crippen LogP contribution in [0.1, 0.15) is 37.0 Å². The average molecular weight is 292 g/mol. The van der Waals surface area contributed by atoms with Gasteiger partial charge in [-0.15, -0.1) is 11.3 Å². The second-order valence-corrected chi connectivity index (χ2v) is 7.93. The van der Waals surface area contributed by atoms with Gasteiger partial charge in [0.25, 0.3) is 0 Å². The number of nitrogens with zero attached hydrogens (tertiary/aromatic N) is 1. The number of thiazole rings is 1. The number of hydrogen-bond acceptors (Lipinski definition) is 6. The Labute approximate surface area is 112 Å². The molecular formula is C11H20N2O3S2. The Morgan fingerprint density at radius 3 is 2.67 bits per heavy atom. The van der Waals surface area contributed by atoms with E-state index in [1.807, 2.05) is 19.2 Å². The van der Waals surface area contributed by atoms with Crippen molar-refractivity contribution in [3.63, 3.8) is 0 Å². The maximum Gasteiger partial charge on any atom is 0.147 e. The smallest absolute Gasteiger partial charge is 0.147 e. The van der Waals surface area contributed by atoms with Gasteiger partial charge in [0.05, 0.1) is 11.4 Å². The number of rotatable bonds is 6. The van der Waals surface area contributed by atoms with E-state index in [1.165, 1.54) is 17.6 Å².